The van der Waals surface area contributed by atoms with Crippen LogP contribution in [0.5, 0.6) is 0 Å². The molecule has 1 aromatic heterocycles. The van der Waals surface area contributed by atoms with E-state index in [1.165, 1.54) is 37.8 Å². The Morgan fingerprint density at radius 3 is 2.52 bits per heavy atom. The minimum atomic E-state index is -3.19. The third-order valence-corrected chi connectivity index (χ3v) is 7.21. The van der Waals surface area contributed by atoms with Crippen LogP contribution in [-0.4, -0.2) is 83.9 Å². The Morgan fingerprint density at radius 1 is 1.19 bits per heavy atom. The van der Waals surface area contributed by atoms with Crippen molar-refractivity contribution in [3.8, 4) is 0 Å². The minimum Gasteiger partial charge on any atom is -0.303 e. The van der Waals surface area contributed by atoms with Crippen molar-refractivity contribution in [2.24, 2.45) is 7.05 Å². The van der Waals surface area contributed by atoms with E-state index in [9.17, 15) is 8.42 Å². The number of hydrogen-bond donors (Lipinski definition) is 0. The molecule has 2 aliphatic rings. The first-order valence-corrected chi connectivity index (χ1v) is 12.1. The summed E-state index contributed by atoms with van der Waals surface area (Å²) in [5.74, 6) is 0. The van der Waals surface area contributed by atoms with Crippen LogP contribution in [0.3, 0.4) is 0 Å². The Labute approximate surface area is 164 Å². The number of aryl methyl sites for hydroxylation is 2. The summed E-state index contributed by atoms with van der Waals surface area (Å²) in [5.41, 5.74) is 2.29. The summed E-state index contributed by atoms with van der Waals surface area (Å²) < 4.78 is 28.5. The van der Waals surface area contributed by atoms with Crippen molar-refractivity contribution >= 4 is 10.0 Å². The van der Waals surface area contributed by atoms with Gasteiger partial charge in [0.2, 0.25) is 10.0 Å². The maximum absolute atomic E-state index is 12.5. The summed E-state index contributed by atoms with van der Waals surface area (Å²) in [6.45, 7) is 8.71. The van der Waals surface area contributed by atoms with Crippen molar-refractivity contribution < 1.29 is 8.42 Å². The Morgan fingerprint density at radius 2 is 1.89 bits per heavy atom. The number of piperidine rings is 1. The second-order valence-corrected chi connectivity index (χ2v) is 10.2. The zero-order valence-corrected chi connectivity index (χ0v) is 17.9. The number of aromatic nitrogens is 2. The number of nitrogens with zero attached hydrogens (tertiary/aromatic N) is 5. The molecular formula is C19H35N5O2S. The lowest BCUT2D eigenvalue weighted by Crippen LogP contribution is -2.50. The highest BCUT2D eigenvalue weighted by molar-refractivity contribution is 7.88. The second kappa shape index (κ2) is 9.03. The van der Waals surface area contributed by atoms with Gasteiger partial charge in [0.25, 0.3) is 0 Å². The first-order valence-electron chi connectivity index (χ1n) is 10.2. The van der Waals surface area contributed by atoms with E-state index >= 15 is 0 Å². The first kappa shape index (κ1) is 20.8. The Bertz CT molecular complexity index is 712. The van der Waals surface area contributed by atoms with E-state index in [1.807, 2.05) is 18.7 Å². The van der Waals surface area contributed by atoms with Gasteiger partial charge in [-0.2, -0.15) is 9.40 Å². The summed E-state index contributed by atoms with van der Waals surface area (Å²) in [4.78, 5) is 4.84. The van der Waals surface area contributed by atoms with Crippen LogP contribution >= 0.6 is 0 Å². The molecule has 154 valence electrons. The lowest BCUT2D eigenvalue weighted by molar-refractivity contribution is 0.139. The highest BCUT2D eigenvalue weighted by Gasteiger charge is 2.31. The van der Waals surface area contributed by atoms with E-state index < -0.39 is 10.0 Å². The summed E-state index contributed by atoms with van der Waals surface area (Å²) in [5, 5.41) is 4.43. The summed E-state index contributed by atoms with van der Waals surface area (Å²) in [6, 6.07) is 0.0873. The molecule has 0 saturated carbocycles. The lowest BCUT2D eigenvalue weighted by atomic mass is 10.0. The maximum atomic E-state index is 12.5. The van der Waals surface area contributed by atoms with Crippen LogP contribution < -0.4 is 0 Å². The van der Waals surface area contributed by atoms with Crippen LogP contribution in [0.1, 0.15) is 43.4 Å². The van der Waals surface area contributed by atoms with E-state index in [2.05, 4.69) is 21.1 Å². The molecule has 2 aliphatic heterocycles. The molecule has 1 aromatic rings. The molecule has 0 spiro atoms. The van der Waals surface area contributed by atoms with E-state index in [0.717, 1.165) is 51.1 Å². The number of rotatable bonds is 8. The average Bonchev–Trinajstić information content (AvgIpc) is 3.20. The molecule has 3 heterocycles. The fourth-order valence-electron chi connectivity index (χ4n) is 4.53. The topological polar surface area (TPSA) is 61.7 Å². The fourth-order valence-corrected chi connectivity index (χ4v) is 5.70. The summed E-state index contributed by atoms with van der Waals surface area (Å²) in [6.07, 6.45) is 8.92. The van der Waals surface area contributed by atoms with Gasteiger partial charge in [-0.3, -0.25) is 9.58 Å². The van der Waals surface area contributed by atoms with E-state index in [1.54, 1.807) is 4.31 Å². The molecule has 0 bridgehead atoms. The van der Waals surface area contributed by atoms with Gasteiger partial charge in [0, 0.05) is 44.5 Å². The van der Waals surface area contributed by atoms with Crippen LogP contribution in [0.15, 0.2) is 6.20 Å². The molecular weight excluding hydrogens is 362 g/mol. The second-order valence-electron chi connectivity index (χ2n) is 8.22. The number of sulfonamides is 1. The SMILES string of the molecule is Cc1nn(C)cc1CN1CCCC(N(CCCN2CCCC2)S(C)(=O)=O)C1. The smallest absolute Gasteiger partial charge is 0.211 e. The van der Waals surface area contributed by atoms with Gasteiger partial charge in [-0.1, -0.05) is 0 Å². The zero-order chi connectivity index (χ0) is 19.4. The normalized spacial score (nSPS) is 22.7. The average molecular weight is 398 g/mol. The van der Waals surface area contributed by atoms with E-state index in [4.69, 9.17) is 0 Å². The van der Waals surface area contributed by atoms with Gasteiger partial charge in [-0.25, -0.2) is 8.42 Å². The minimum absolute atomic E-state index is 0.0873. The van der Waals surface area contributed by atoms with E-state index in [0.29, 0.717) is 6.54 Å². The molecule has 2 fully saturated rings. The lowest BCUT2D eigenvalue weighted by Gasteiger charge is -2.38. The van der Waals surface area contributed by atoms with Gasteiger partial charge in [0.15, 0.2) is 0 Å². The third-order valence-electron chi connectivity index (χ3n) is 5.87. The molecule has 8 heteroatoms. The molecule has 1 unspecified atom stereocenters. The monoisotopic (exact) mass is 397 g/mol. The Hall–Kier alpha value is -0.960. The molecule has 0 aromatic carbocycles. The van der Waals surface area contributed by atoms with Gasteiger partial charge < -0.3 is 4.90 Å². The predicted octanol–water partition coefficient (Wildman–Crippen LogP) is 1.44. The molecule has 0 amide bonds. The standard InChI is InChI=1S/C19H35N5O2S/c1-17-18(14-21(2)20-17)15-23-11-6-8-19(16-23)24(27(3,25)26)13-7-12-22-9-4-5-10-22/h14,19H,4-13,15-16H2,1-3H3. The highest BCUT2D eigenvalue weighted by Crippen LogP contribution is 2.21. The molecule has 2 saturated heterocycles. The van der Waals surface area contributed by atoms with Crippen molar-refractivity contribution in [1.29, 1.82) is 0 Å². The van der Waals surface area contributed by atoms with Crippen molar-refractivity contribution in [2.45, 2.75) is 51.6 Å². The third kappa shape index (κ3) is 5.76. The van der Waals surface area contributed by atoms with Crippen LogP contribution in [0.2, 0.25) is 0 Å². The van der Waals surface area contributed by atoms with Crippen molar-refractivity contribution in [3.05, 3.63) is 17.5 Å². The van der Waals surface area contributed by atoms with Gasteiger partial charge in [-0.15, -0.1) is 0 Å². The van der Waals surface area contributed by atoms with Crippen molar-refractivity contribution in [3.63, 3.8) is 0 Å². The van der Waals surface area contributed by atoms with Crippen LogP contribution in [0.4, 0.5) is 0 Å². The molecule has 0 radical (unpaired) electrons. The number of hydrogen-bond acceptors (Lipinski definition) is 5. The summed E-state index contributed by atoms with van der Waals surface area (Å²) >= 11 is 0. The molecule has 1 atom stereocenters. The van der Waals surface area contributed by atoms with Crippen molar-refractivity contribution in [1.82, 2.24) is 23.9 Å². The molecule has 0 N–H and O–H groups in total. The molecule has 3 rings (SSSR count). The predicted molar refractivity (Wildman–Crippen MR) is 108 cm³/mol. The molecule has 7 nitrogen and oxygen atoms in total. The largest absolute Gasteiger partial charge is 0.303 e. The van der Waals surface area contributed by atoms with Crippen LogP contribution in [0, 0.1) is 6.92 Å². The summed E-state index contributed by atoms with van der Waals surface area (Å²) in [7, 11) is -1.24. The Kier molecular flexibility index (Phi) is 6.94. The quantitative estimate of drug-likeness (QED) is 0.664. The van der Waals surface area contributed by atoms with Crippen LogP contribution in [-0.2, 0) is 23.6 Å². The van der Waals surface area contributed by atoms with Crippen LogP contribution in [0.25, 0.3) is 0 Å². The fraction of sp³-hybridized carbons (Fsp3) is 0.842. The van der Waals surface area contributed by atoms with Gasteiger partial charge >= 0.3 is 0 Å². The van der Waals surface area contributed by atoms with Gasteiger partial charge in [-0.05, 0) is 65.2 Å². The maximum Gasteiger partial charge on any atom is 0.211 e. The number of likely N-dealkylation sites (tertiary alicyclic amines) is 2. The van der Waals surface area contributed by atoms with Gasteiger partial charge in [0.05, 0.1) is 11.9 Å². The zero-order valence-electron chi connectivity index (χ0n) is 17.1. The first-order chi connectivity index (χ1) is 12.8. The molecule has 27 heavy (non-hydrogen) atoms. The molecule has 0 aliphatic carbocycles. The van der Waals surface area contributed by atoms with Crippen molar-refractivity contribution in [2.75, 3.05) is 45.5 Å². The highest BCUT2D eigenvalue weighted by atomic mass is 32.2. The van der Waals surface area contributed by atoms with Gasteiger partial charge in [0.1, 0.15) is 0 Å². The van der Waals surface area contributed by atoms with E-state index in [-0.39, 0.29) is 6.04 Å². The Balaban J connectivity index is 1.58.